The number of primary amides is 1. The summed E-state index contributed by atoms with van der Waals surface area (Å²) in [6.45, 7) is 7.51. The van der Waals surface area contributed by atoms with Crippen LogP contribution in [-0.2, 0) is 11.3 Å². The summed E-state index contributed by atoms with van der Waals surface area (Å²) in [4.78, 5) is 24.1. The number of carbonyl (C=O) groups excluding carboxylic acids is 1. The number of likely N-dealkylation sites (tertiary alicyclic amines) is 1. The molecule has 1 aliphatic carbocycles. The molecule has 1 saturated heterocycles. The van der Waals surface area contributed by atoms with Crippen molar-refractivity contribution in [1.82, 2.24) is 14.9 Å². The fraction of sp³-hybridized carbons (Fsp3) is 0.560. The molecule has 4 N–H and O–H groups in total. The minimum atomic E-state index is -0.823. The molecule has 0 bridgehead atoms. The predicted octanol–water partition coefficient (Wildman–Crippen LogP) is 2.45. The maximum Gasteiger partial charge on any atom is 0.237 e. The van der Waals surface area contributed by atoms with Crippen molar-refractivity contribution in [3.63, 3.8) is 0 Å². The smallest absolute Gasteiger partial charge is 0.237 e. The van der Waals surface area contributed by atoms with Crippen LogP contribution < -0.4 is 16.0 Å². The van der Waals surface area contributed by atoms with Crippen LogP contribution in [0, 0.1) is 18.7 Å². The van der Waals surface area contributed by atoms with Crippen LogP contribution in [0.2, 0.25) is 0 Å². The summed E-state index contributed by atoms with van der Waals surface area (Å²) in [6, 6.07) is 8.53. The predicted molar refractivity (Wildman–Crippen MR) is 130 cm³/mol. The summed E-state index contributed by atoms with van der Waals surface area (Å²) >= 11 is 0. The number of aromatic nitrogens is 2. The van der Waals surface area contributed by atoms with Crippen molar-refractivity contribution in [2.24, 2.45) is 11.7 Å². The van der Waals surface area contributed by atoms with E-state index in [1.165, 1.54) is 11.9 Å². The molecule has 184 valence electrons. The fourth-order valence-electron chi connectivity index (χ4n) is 4.45. The molecule has 2 aromatic rings. The van der Waals surface area contributed by atoms with Crippen LogP contribution in [0.1, 0.15) is 44.2 Å². The number of benzene rings is 1. The molecule has 2 fully saturated rings. The van der Waals surface area contributed by atoms with Crippen molar-refractivity contribution in [1.29, 1.82) is 0 Å². The van der Waals surface area contributed by atoms with E-state index in [2.05, 4.69) is 39.6 Å². The number of anilines is 2. The molecule has 34 heavy (non-hydrogen) atoms. The Morgan fingerprint density at radius 1 is 1.26 bits per heavy atom. The number of aliphatic hydroxyl groups excluding tert-OH is 1. The average Bonchev–Trinajstić information content (AvgIpc) is 3.64. The van der Waals surface area contributed by atoms with E-state index in [0.717, 1.165) is 18.4 Å². The van der Waals surface area contributed by atoms with Crippen LogP contribution in [-0.4, -0.2) is 63.2 Å². The first-order chi connectivity index (χ1) is 16.2. The first-order valence-electron chi connectivity index (χ1n) is 12.0. The zero-order chi connectivity index (χ0) is 24.5. The first kappa shape index (κ1) is 24.3. The van der Waals surface area contributed by atoms with Crippen LogP contribution in [0.3, 0.4) is 0 Å². The quantitative estimate of drug-likeness (QED) is 0.517. The third-order valence-electron chi connectivity index (χ3n) is 7.15. The number of β-amino-alcohol motifs (C(OH)–C–C–N with tert-alkyl or cyclic N) is 1. The zero-order valence-corrected chi connectivity index (χ0v) is 20.2. The number of carbonyl (C=O) groups is 1. The van der Waals surface area contributed by atoms with Gasteiger partial charge < -0.3 is 21.1 Å². The van der Waals surface area contributed by atoms with E-state index < -0.39 is 23.4 Å². The van der Waals surface area contributed by atoms with Gasteiger partial charge in [-0.15, -0.1) is 0 Å². The van der Waals surface area contributed by atoms with Crippen LogP contribution in [0.25, 0.3) is 0 Å². The maximum absolute atomic E-state index is 15.5. The van der Waals surface area contributed by atoms with Gasteiger partial charge in [-0.1, -0.05) is 29.8 Å². The molecule has 1 aliphatic heterocycles. The lowest BCUT2D eigenvalue weighted by atomic mass is 9.89. The molecular formula is C25H35FN6O2. The molecule has 2 heterocycles. The molecule has 9 heteroatoms. The van der Waals surface area contributed by atoms with E-state index in [4.69, 9.17) is 5.73 Å². The Balaban J connectivity index is 1.42. The first-order valence-corrected chi connectivity index (χ1v) is 12.0. The lowest BCUT2D eigenvalue weighted by Crippen LogP contribution is -2.59. The second kappa shape index (κ2) is 9.84. The summed E-state index contributed by atoms with van der Waals surface area (Å²) < 4.78 is 15.5. The minimum Gasteiger partial charge on any atom is -0.391 e. The number of amides is 1. The van der Waals surface area contributed by atoms with Gasteiger partial charge in [0.15, 0.2) is 11.6 Å². The molecule has 0 unspecified atom stereocenters. The molecule has 2 aliphatic rings. The van der Waals surface area contributed by atoms with E-state index in [1.54, 1.807) is 13.8 Å². The van der Waals surface area contributed by atoms with Gasteiger partial charge in [-0.2, -0.15) is 4.39 Å². The van der Waals surface area contributed by atoms with Crippen molar-refractivity contribution in [2.75, 3.05) is 29.9 Å². The highest BCUT2D eigenvalue weighted by atomic mass is 19.1. The van der Waals surface area contributed by atoms with Crippen molar-refractivity contribution in [3.8, 4) is 0 Å². The molecule has 4 rings (SSSR count). The summed E-state index contributed by atoms with van der Waals surface area (Å²) in [5, 5.41) is 13.8. The number of piperidine rings is 1. The van der Waals surface area contributed by atoms with Gasteiger partial charge in [-0.25, -0.2) is 9.97 Å². The molecular weight excluding hydrogens is 435 g/mol. The van der Waals surface area contributed by atoms with Gasteiger partial charge in [0.1, 0.15) is 6.33 Å². The highest BCUT2D eigenvalue weighted by molar-refractivity contribution is 5.83. The molecule has 1 saturated carbocycles. The number of nitrogens with two attached hydrogens (primary N) is 1. The molecule has 1 aromatic heterocycles. The summed E-state index contributed by atoms with van der Waals surface area (Å²) in [5.41, 5.74) is 6.99. The number of aryl methyl sites for hydroxylation is 1. The minimum absolute atomic E-state index is 0.0927. The normalized spacial score (nSPS) is 21.3. The largest absolute Gasteiger partial charge is 0.391 e. The van der Waals surface area contributed by atoms with Gasteiger partial charge >= 0.3 is 0 Å². The van der Waals surface area contributed by atoms with E-state index in [0.29, 0.717) is 38.4 Å². The van der Waals surface area contributed by atoms with Gasteiger partial charge in [0.25, 0.3) is 0 Å². The van der Waals surface area contributed by atoms with Gasteiger partial charge in [0.2, 0.25) is 11.7 Å². The van der Waals surface area contributed by atoms with E-state index in [1.807, 2.05) is 16.7 Å². The van der Waals surface area contributed by atoms with Crippen LogP contribution in [0.15, 0.2) is 30.6 Å². The van der Waals surface area contributed by atoms with Crippen molar-refractivity contribution >= 4 is 17.5 Å². The Bertz CT molecular complexity index is 1010. The van der Waals surface area contributed by atoms with Crippen LogP contribution >= 0.6 is 0 Å². The molecule has 1 aromatic carbocycles. The van der Waals surface area contributed by atoms with Gasteiger partial charge in [-0.05, 0) is 52.1 Å². The Labute approximate surface area is 200 Å². The third-order valence-corrected chi connectivity index (χ3v) is 7.15. The maximum atomic E-state index is 15.5. The SMILES string of the molecule is Cc1ccc(CN(c2ncnc(NC[C@H]3CCN(C(C)(C)C(N)=O)C[C@@H]3O)c2F)C2CC2)cc1. The second-order valence-electron chi connectivity index (χ2n) is 10.1. The summed E-state index contributed by atoms with van der Waals surface area (Å²) in [7, 11) is 0. The van der Waals surface area contributed by atoms with Crippen LogP contribution in [0.5, 0.6) is 0 Å². The summed E-state index contributed by atoms with van der Waals surface area (Å²) in [5.74, 6) is -0.531. The van der Waals surface area contributed by atoms with Crippen molar-refractivity contribution in [2.45, 2.75) is 64.3 Å². The zero-order valence-electron chi connectivity index (χ0n) is 20.2. The van der Waals surface area contributed by atoms with E-state index >= 15 is 4.39 Å². The lowest BCUT2D eigenvalue weighted by molar-refractivity contribution is -0.131. The standard InChI is InChI=1S/C25H35FN6O2/c1-16-4-6-17(7-5-16)13-32(19-8-9-19)23-21(26)22(29-15-30-23)28-12-18-10-11-31(14-20(18)33)25(2,3)24(27)34/h4-7,15,18-20,33H,8-14H2,1-3H3,(H2,27,34)(H,28,29,30)/t18-,20+/m1/s1. The topological polar surface area (TPSA) is 108 Å². The Morgan fingerprint density at radius 3 is 2.59 bits per heavy atom. The molecule has 1 amide bonds. The molecule has 0 radical (unpaired) electrons. The number of nitrogens with zero attached hydrogens (tertiary/aromatic N) is 4. The van der Waals surface area contributed by atoms with Crippen molar-refractivity contribution in [3.05, 3.63) is 47.5 Å². The molecule has 0 spiro atoms. The number of hydrogen-bond acceptors (Lipinski definition) is 7. The van der Waals surface area contributed by atoms with Gasteiger partial charge in [0.05, 0.1) is 11.6 Å². The van der Waals surface area contributed by atoms with Gasteiger partial charge in [0, 0.05) is 31.6 Å². The highest BCUT2D eigenvalue weighted by Gasteiger charge is 2.39. The highest BCUT2D eigenvalue weighted by Crippen LogP contribution is 2.35. The number of aliphatic hydroxyl groups is 1. The number of rotatable bonds is 9. The number of halogens is 1. The Hall–Kier alpha value is -2.78. The Morgan fingerprint density at radius 2 is 1.97 bits per heavy atom. The summed E-state index contributed by atoms with van der Waals surface area (Å²) in [6.07, 6.45) is 3.43. The van der Waals surface area contributed by atoms with Crippen molar-refractivity contribution < 1.29 is 14.3 Å². The van der Waals surface area contributed by atoms with Gasteiger partial charge in [-0.3, -0.25) is 9.69 Å². The molecule has 8 nitrogen and oxygen atoms in total. The second-order valence-corrected chi connectivity index (χ2v) is 10.1. The van der Waals surface area contributed by atoms with Crippen LogP contribution in [0.4, 0.5) is 16.0 Å². The average molecular weight is 471 g/mol. The van der Waals surface area contributed by atoms with E-state index in [-0.39, 0.29) is 17.8 Å². The van der Waals surface area contributed by atoms with E-state index in [9.17, 15) is 9.90 Å². The number of hydrogen-bond donors (Lipinski definition) is 3. The number of nitrogens with one attached hydrogen (secondary N) is 1. The Kier molecular flexibility index (Phi) is 7.04. The third kappa shape index (κ3) is 5.31. The fourth-order valence-corrected chi connectivity index (χ4v) is 4.45. The molecule has 2 atom stereocenters. The monoisotopic (exact) mass is 470 g/mol. The lowest BCUT2D eigenvalue weighted by Gasteiger charge is -2.43.